The summed E-state index contributed by atoms with van der Waals surface area (Å²) in [6, 6.07) is 14.7. The van der Waals surface area contributed by atoms with Crippen LogP contribution in [0.2, 0.25) is 0 Å². The number of benzene rings is 2. The summed E-state index contributed by atoms with van der Waals surface area (Å²) < 4.78 is 37.5. The van der Waals surface area contributed by atoms with E-state index in [-0.39, 0.29) is 30.2 Å². The Bertz CT molecular complexity index is 1110. The number of aliphatic hydroxyl groups is 1. The smallest absolute Gasteiger partial charge is 0.414 e. The molecule has 0 saturated heterocycles. The second-order valence-electron chi connectivity index (χ2n) is 7.97. The number of rotatable bonds is 11. The highest BCUT2D eigenvalue weighted by Crippen LogP contribution is 2.19. The van der Waals surface area contributed by atoms with Gasteiger partial charge in [0, 0.05) is 18.6 Å². The highest BCUT2D eigenvalue weighted by Gasteiger charge is 2.23. The van der Waals surface area contributed by atoms with Crippen molar-refractivity contribution < 1.29 is 47.6 Å². The third-order valence-corrected chi connectivity index (χ3v) is 5.90. The number of carbonyl (C=O) groups is 3. The second-order valence-corrected chi connectivity index (χ2v) is 9.73. The molecule has 1 unspecified atom stereocenters. The van der Waals surface area contributed by atoms with Gasteiger partial charge in [0.05, 0.1) is 12.0 Å². The number of esters is 1. The van der Waals surface area contributed by atoms with Gasteiger partial charge in [-0.1, -0.05) is 30.3 Å². The molecule has 0 spiro atoms. The molecule has 0 aliphatic rings. The van der Waals surface area contributed by atoms with Crippen LogP contribution < -0.4 is 14.8 Å². The summed E-state index contributed by atoms with van der Waals surface area (Å²) >= 11 is 0. The lowest BCUT2D eigenvalue weighted by atomic mass is 10.1. The van der Waals surface area contributed by atoms with Crippen LogP contribution in [0.15, 0.2) is 59.5 Å². The number of carboxylic acids is 2. The van der Waals surface area contributed by atoms with Crippen LogP contribution in [0.1, 0.15) is 24.2 Å². The lowest BCUT2D eigenvalue weighted by Gasteiger charge is -2.28. The molecule has 13 heteroatoms. The van der Waals surface area contributed by atoms with E-state index >= 15 is 0 Å². The van der Waals surface area contributed by atoms with Crippen LogP contribution in [0.4, 0.5) is 0 Å². The summed E-state index contributed by atoms with van der Waals surface area (Å²) in [5.74, 6) is -3.85. The van der Waals surface area contributed by atoms with Gasteiger partial charge >= 0.3 is 17.9 Å². The number of β-amino-alcohol motifs (C(OH)–C–C–N with tert-alkyl or cyclic N) is 1. The van der Waals surface area contributed by atoms with Crippen LogP contribution >= 0.6 is 0 Å². The van der Waals surface area contributed by atoms with Crippen LogP contribution in [0.3, 0.4) is 0 Å². The predicted molar refractivity (Wildman–Crippen MR) is 128 cm³/mol. The number of aliphatic hydroxyl groups excluding tert-OH is 1. The van der Waals surface area contributed by atoms with Crippen LogP contribution in [0.5, 0.6) is 5.75 Å². The molecule has 36 heavy (non-hydrogen) atoms. The Hall–Kier alpha value is -3.52. The first-order valence-corrected chi connectivity index (χ1v) is 12.0. The molecule has 0 aliphatic heterocycles. The molecule has 0 aliphatic carbocycles. The molecule has 12 nitrogen and oxygen atoms in total. The van der Waals surface area contributed by atoms with E-state index in [2.05, 4.69) is 10.0 Å². The fourth-order valence-electron chi connectivity index (χ4n) is 2.53. The zero-order valence-corrected chi connectivity index (χ0v) is 20.8. The highest BCUT2D eigenvalue weighted by atomic mass is 32.2. The second kappa shape index (κ2) is 14.1. The number of sulfonamides is 1. The molecular weight excluding hydrogens is 496 g/mol. The number of ether oxygens (including phenoxy) is 2. The summed E-state index contributed by atoms with van der Waals surface area (Å²) in [5, 5.41) is 28.1. The minimum atomic E-state index is -3.61. The van der Waals surface area contributed by atoms with E-state index in [9.17, 15) is 18.3 Å². The van der Waals surface area contributed by atoms with Gasteiger partial charge in [-0.05, 0) is 38.1 Å². The number of nitrogens with one attached hydrogen (secondary N) is 2. The largest absolute Gasteiger partial charge is 0.490 e. The molecule has 5 N–H and O–H groups in total. The molecule has 0 bridgehead atoms. The predicted octanol–water partition coefficient (Wildman–Crippen LogP) is 0.715. The van der Waals surface area contributed by atoms with E-state index in [1.165, 1.54) is 19.2 Å². The first-order valence-electron chi connectivity index (χ1n) is 10.5. The maximum absolute atomic E-state index is 12.3. The first kappa shape index (κ1) is 30.5. The van der Waals surface area contributed by atoms with Crippen molar-refractivity contribution in [1.82, 2.24) is 10.0 Å². The van der Waals surface area contributed by atoms with Crippen molar-refractivity contribution in [3.8, 4) is 5.75 Å². The van der Waals surface area contributed by atoms with Gasteiger partial charge in [-0.2, -0.15) is 0 Å². The molecular formula is C23H30N2O10S. The van der Waals surface area contributed by atoms with Gasteiger partial charge in [0.15, 0.2) is 0 Å². The number of aliphatic carboxylic acids is 2. The van der Waals surface area contributed by atoms with Crippen LogP contribution in [0.25, 0.3) is 0 Å². The number of carbonyl (C=O) groups excluding carboxylic acids is 1. The zero-order valence-electron chi connectivity index (χ0n) is 20.0. The lowest BCUT2D eigenvalue weighted by molar-refractivity contribution is -0.159. The van der Waals surface area contributed by atoms with Crippen LogP contribution in [-0.2, 0) is 24.3 Å². The number of hydrogen-bond donors (Lipinski definition) is 5. The van der Waals surface area contributed by atoms with E-state index in [0.29, 0.717) is 5.75 Å². The normalized spacial score (nSPS) is 12.0. The number of hydrogen-bond acceptors (Lipinski definition) is 9. The Morgan fingerprint density at radius 1 is 0.972 bits per heavy atom. The van der Waals surface area contributed by atoms with Crippen molar-refractivity contribution >= 4 is 27.9 Å². The van der Waals surface area contributed by atoms with Gasteiger partial charge in [0.2, 0.25) is 10.0 Å². The number of methoxy groups -OCH3 is 1. The van der Waals surface area contributed by atoms with E-state index < -0.39 is 39.6 Å². The highest BCUT2D eigenvalue weighted by molar-refractivity contribution is 7.89. The SMILES string of the molecule is COC(=O)c1ccccc1OCC(O)CNC(C)(C)CNS(=O)(=O)c1ccccc1.O=C(O)C(=O)O. The number of carboxylic acid groups (broad SMARTS) is 2. The molecule has 0 radical (unpaired) electrons. The molecule has 0 fully saturated rings. The average molecular weight is 527 g/mol. The Morgan fingerprint density at radius 2 is 1.53 bits per heavy atom. The summed E-state index contributed by atoms with van der Waals surface area (Å²) in [7, 11) is -2.33. The molecule has 2 aromatic rings. The van der Waals surface area contributed by atoms with Crippen molar-refractivity contribution in [2.24, 2.45) is 0 Å². The van der Waals surface area contributed by atoms with Gasteiger partial charge in [-0.15, -0.1) is 0 Å². The Balaban J connectivity index is 0.000000960. The first-order chi connectivity index (χ1) is 16.8. The summed E-state index contributed by atoms with van der Waals surface area (Å²) in [5.41, 5.74) is -0.344. The molecule has 198 valence electrons. The molecule has 2 aromatic carbocycles. The Labute approximate surface area is 208 Å². The van der Waals surface area contributed by atoms with Crippen molar-refractivity contribution in [3.63, 3.8) is 0 Å². The van der Waals surface area contributed by atoms with Crippen molar-refractivity contribution in [2.45, 2.75) is 30.4 Å². The molecule has 2 rings (SSSR count). The lowest BCUT2D eigenvalue weighted by Crippen LogP contribution is -2.51. The van der Waals surface area contributed by atoms with Crippen molar-refractivity contribution in [3.05, 3.63) is 60.2 Å². The fraction of sp³-hybridized carbons (Fsp3) is 0.348. The molecule has 1 atom stereocenters. The van der Waals surface area contributed by atoms with Crippen LogP contribution in [0, 0.1) is 0 Å². The summed E-state index contributed by atoms with van der Waals surface area (Å²) in [4.78, 5) is 30.2. The molecule has 0 amide bonds. The minimum Gasteiger partial charge on any atom is -0.490 e. The van der Waals surface area contributed by atoms with E-state index in [1.807, 2.05) is 13.8 Å². The van der Waals surface area contributed by atoms with Gasteiger partial charge in [-0.3, -0.25) is 0 Å². The van der Waals surface area contributed by atoms with Gasteiger partial charge in [-0.25, -0.2) is 27.5 Å². The topological polar surface area (TPSA) is 189 Å². The Kier molecular flexibility index (Phi) is 12.0. The van der Waals surface area contributed by atoms with Crippen LogP contribution in [-0.4, -0.2) is 80.1 Å². The van der Waals surface area contributed by atoms with Gasteiger partial charge in [0.25, 0.3) is 0 Å². The zero-order chi connectivity index (χ0) is 27.4. The third kappa shape index (κ3) is 10.8. The van der Waals surface area contributed by atoms with Gasteiger partial charge in [0.1, 0.15) is 24.0 Å². The maximum atomic E-state index is 12.3. The van der Waals surface area contributed by atoms with E-state index in [4.69, 9.17) is 29.3 Å². The fourth-order valence-corrected chi connectivity index (χ4v) is 3.76. The average Bonchev–Trinajstić information content (AvgIpc) is 2.86. The van der Waals surface area contributed by atoms with Crippen molar-refractivity contribution in [1.29, 1.82) is 0 Å². The van der Waals surface area contributed by atoms with Gasteiger partial charge < -0.3 is 30.1 Å². The molecule has 0 heterocycles. The van der Waals surface area contributed by atoms with E-state index in [1.54, 1.807) is 42.5 Å². The summed E-state index contributed by atoms with van der Waals surface area (Å²) in [6.07, 6.45) is -0.874. The quantitative estimate of drug-likeness (QED) is 0.205. The monoisotopic (exact) mass is 526 g/mol. The Morgan fingerprint density at radius 3 is 2.08 bits per heavy atom. The third-order valence-electron chi connectivity index (χ3n) is 4.48. The molecule has 0 saturated carbocycles. The standard InChI is InChI=1S/C21H28N2O6S.C2H2O4/c1-21(2,15-23-30(26,27)17-9-5-4-6-10-17)22-13-16(24)14-29-19-12-8-7-11-18(19)20(25)28-3;3-1(4)2(5)6/h4-12,16,22-24H,13-15H2,1-3H3;(H,3,4)(H,5,6). The van der Waals surface area contributed by atoms with E-state index in [0.717, 1.165) is 0 Å². The minimum absolute atomic E-state index is 0.0488. The summed E-state index contributed by atoms with van der Waals surface area (Å²) in [6.45, 7) is 3.89. The van der Waals surface area contributed by atoms with Crippen molar-refractivity contribution in [2.75, 3.05) is 26.8 Å². The number of para-hydroxylation sites is 1. The maximum Gasteiger partial charge on any atom is 0.414 e. The molecule has 0 aromatic heterocycles.